The zero-order valence-electron chi connectivity index (χ0n) is 50.8. The number of aliphatic hydroxyl groups is 2. The lowest BCUT2D eigenvalue weighted by Crippen LogP contribution is -2.45. The lowest BCUT2D eigenvalue weighted by Gasteiger charge is -2.20. The summed E-state index contributed by atoms with van der Waals surface area (Å²) in [5.41, 5.74) is 0. The van der Waals surface area contributed by atoms with Crippen LogP contribution >= 0.6 is 0 Å². The summed E-state index contributed by atoms with van der Waals surface area (Å²) in [6, 6.07) is -0.627. The smallest absolute Gasteiger partial charge is 0.305 e. The van der Waals surface area contributed by atoms with E-state index in [-0.39, 0.29) is 18.5 Å². The molecule has 6 heteroatoms. The van der Waals surface area contributed by atoms with E-state index in [1.54, 1.807) is 6.08 Å². The maximum absolute atomic E-state index is 12.4. The van der Waals surface area contributed by atoms with Gasteiger partial charge in [0.1, 0.15) is 0 Å². The van der Waals surface area contributed by atoms with E-state index in [0.29, 0.717) is 19.4 Å². The molecule has 2 atom stereocenters. The molecule has 2 unspecified atom stereocenters. The Hall–Kier alpha value is -1.66. The second-order valence-electron chi connectivity index (χ2n) is 23.5. The lowest BCUT2D eigenvalue weighted by atomic mass is 10.0. The summed E-state index contributed by atoms with van der Waals surface area (Å²) < 4.78 is 5.51. The summed E-state index contributed by atoms with van der Waals surface area (Å²) in [4.78, 5) is 24.6. The van der Waals surface area contributed by atoms with Crippen molar-refractivity contribution in [1.29, 1.82) is 0 Å². The Morgan fingerprint density at radius 1 is 0.360 bits per heavy atom. The largest absolute Gasteiger partial charge is 0.466 e. The van der Waals surface area contributed by atoms with Crippen LogP contribution in [0.5, 0.6) is 0 Å². The van der Waals surface area contributed by atoms with Crippen molar-refractivity contribution < 1.29 is 24.5 Å². The van der Waals surface area contributed by atoms with Gasteiger partial charge in [-0.25, -0.2) is 0 Å². The predicted octanol–water partition coefficient (Wildman–Crippen LogP) is 21.8. The summed E-state index contributed by atoms with van der Waals surface area (Å²) in [5.74, 6) is -0.0480. The number of carbonyl (C=O) groups is 2. The van der Waals surface area contributed by atoms with Crippen LogP contribution in [0, 0.1) is 0 Å². The molecule has 1 amide bonds. The van der Waals surface area contributed by atoms with Crippen molar-refractivity contribution in [2.75, 3.05) is 13.2 Å². The second kappa shape index (κ2) is 64.9. The zero-order chi connectivity index (χ0) is 54.3. The number of nitrogens with one attached hydrogen (secondary N) is 1. The number of amides is 1. The van der Waals surface area contributed by atoms with Crippen molar-refractivity contribution in [1.82, 2.24) is 5.32 Å². The number of hydrogen-bond donors (Lipinski definition) is 3. The number of hydrogen-bond acceptors (Lipinski definition) is 5. The Morgan fingerprint density at radius 2 is 0.627 bits per heavy atom. The number of carbonyl (C=O) groups excluding carboxylic acids is 2. The van der Waals surface area contributed by atoms with Crippen molar-refractivity contribution in [2.45, 2.75) is 392 Å². The molecule has 0 aromatic rings. The van der Waals surface area contributed by atoms with Crippen molar-refractivity contribution in [3.63, 3.8) is 0 Å². The fraction of sp³-hybridized carbons (Fsp3) is 0.913. The third-order valence-corrected chi connectivity index (χ3v) is 16.0. The fourth-order valence-corrected chi connectivity index (χ4v) is 10.7. The van der Waals surface area contributed by atoms with Crippen LogP contribution in [0.3, 0.4) is 0 Å². The molecule has 0 heterocycles. The van der Waals surface area contributed by atoms with Gasteiger partial charge in [-0.15, -0.1) is 0 Å². The standard InChI is InChI=1S/C69H133NO5/c1-3-5-7-9-11-13-15-17-18-19-29-33-36-39-43-47-51-55-59-63-69(74)75-64-60-56-52-48-44-40-37-34-31-28-26-24-22-20-21-23-25-27-30-32-35-38-42-46-50-54-58-62-68(73)70-66(65-71)67(72)61-57-53-49-45-41-16-14-12-10-8-6-4-2/h20-21,57,61,66-67,71-72H,3-19,22-56,58-60,62-65H2,1-2H3,(H,70,73)/b21-20-,61-57+. The topological polar surface area (TPSA) is 95.9 Å². The van der Waals surface area contributed by atoms with Gasteiger partial charge < -0.3 is 20.3 Å². The molecule has 0 aromatic heterocycles. The van der Waals surface area contributed by atoms with Crippen LogP contribution in [0.2, 0.25) is 0 Å². The molecule has 6 nitrogen and oxygen atoms in total. The van der Waals surface area contributed by atoms with Crippen LogP contribution in [0.15, 0.2) is 24.3 Å². The lowest BCUT2D eigenvalue weighted by molar-refractivity contribution is -0.143. The summed E-state index contributed by atoms with van der Waals surface area (Å²) in [6.07, 6.45) is 81.1. The Kier molecular flexibility index (Phi) is 63.4. The Morgan fingerprint density at radius 3 is 0.947 bits per heavy atom. The first-order chi connectivity index (χ1) is 37.0. The Balaban J connectivity index is 3.35. The molecular weight excluding hydrogens is 923 g/mol. The molecule has 0 saturated heterocycles. The number of rotatable bonds is 64. The highest BCUT2D eigenvalue weighted by molar-refractivity contribution is 5.76. The quantitative estimate of drug-likeness (QED) is 0.0320. The number of allylic oxidation sites excluding steroid dienone is 3. The van der Waals surface area contributed by atoms with Crippen molar-refractivity contribution in [3.8, 4) is 0 Å². The van der Waals surface area contributed by atoms with Crippen LogP contribution in [-0.4, -0.2) is 47.4 Å². The summed E-state index contributed by atoms with van der Waals surface area (Å²) in [6.45, 7) is 4.93. The predicted molar refractivity (Wildman–Crippen MR) is 329 cm³/mol. The first-order valence-electron chi connectivity index (χ1n) is 34.1. The van der Waals surface area contributed by atoms with E-state index >= 15 is 0 Å². The van der Waals surface area contributed by atoms with Gasteiger partial charge >= 0.3 is 5.97 Å². The number of ether oxygens (including phenoxy) is 1. The normalized spacial score (nSPS) is 12.6. The fourth-order valence-electron chi connectivity index (χ4n) is 10.7. The molecule has 0 saturated carbocycles. The molecule has 0 spiro atoms. The monoisotopic (exact) mass is 1060 g/mol. The van der Waals surface area contributed by atoms with E-state index in [1.165, 1.54) is 315 Å². The maximum atomic E-state index is 12.4. The highest BCUT2D eigenvalue weighted by Crippen LogP contribution is 2.18. The van der Waals surface area contributed by atoms with Crippen LogP contribution in [0.4, 0.5) is 0 Å². The van der Waals surface area contributed by atoms with Gasteiger partial charge in [-0.2, -0.15) is 0 Å². The molecule has 0 aliphatic carbocycles. The van der Waals surface area contributed by atoms with Gasteiger partial charge in [0.25, 0.3) is 0 Å². The van der Waals surface area contributed by atoms with E-state index in [2.05, 4.69) is 31.3 Å². The SMILES string of the molecule is CCCCCCCCCCCC/C=C/C(O)C(CO)NC(=O)CCCCCCCCCCCCC/C=C\CCCCCCCCCCCCCCOC(=O)CCCCCCCCCCCCCCCCCCCCC. The minimum absolute atomic E-state index is 0.0200. The molecule has 0 radical (unpaired) electrons. The molecule has 0 aliphatic heterocycles. The highest BCUT2D eigenvalue weighted by atomic mass is 16.5. The molecule has 0 aromatic carbocycles. The summed E-state index contributed by atoms with van der Waals surface area (Å²) in [5, 5.41) is 23.1. The summed E-state index contributed by atoms with van der Waals surface area (Å²) >= 11 is 0. The molecule has 444 valence electrons. The third kappa shape index (κ3) is 61.4. The van der Waals surface area contributed by atoms with Gasteiger partial charge in [0.15, 0.2) is 0 Å². The van der Waals surface area contributed by atoms with Crippen molar-refractivity contribution in [3.05, 3.63) is 24.3 Å². The minimum Gasteiger partial charge on any atom is -0.466 e. The molecule has 0 aliphatic rings. The Bertz CT molecular complexity index is 1170. The molecule has 0 fully saturated rings. The Labute approximate surface area is 469 Å². The van der Waals surface area contributed by atoms with E-state index in [1.807, 2.05) is 6.08 Å². The first-order valence-corrected chi connectivity index (χ1v) is 34.1. The first kappa shape index (κ1) is 73.3. The van der Waals surface area contributed by atoms with Gasteiger partial charge in [0, 0.05) is 12.8 Å². The van der Waals surface area contributed by atoms with Gasteiger partial charge in [0.05, 0.1) is 25.4 Å². The molecule has 0 rings (SSSR count). The van der Waals surface area contributed by atoms with Gasteiger partial charge in [-0.05, 0) is 57.8 Å². The highest BCUT2D eigenvalue weighted by Gasteiger charge is 2.18. The van der Waals surface area contributed by atoms with E-state index in [9.17, 15) is 19.8 Å². The third-order valence-electron chi connectivity index (χ3n) is 16.0. The van der Waals surface area contributed by atoms with Crippen LogP contribution < -0.4 is 5.32 Å². The number of aliphatic hydroxyl groups excluding tert-OH is 2. The molecule has 0 bridgehead atoms. The van der Waals surface area contributed by atoms with Crippen molar-refractivity contribution in [2.24, 2.45) is 0 Å². The van der Waals surface area contributed by atoms with Crippen LogP contribution in [0.25, 0.3) is 0 Å². The van der Waals surface area contributed by atoms with Crippen LogP contribution in [0.1, 0.15) is 380 Å². The molecular formula is C69H133NO5. The molecule has 75 heavy (non-hydrogen) atoms. The van der Waals surface area contributed by atoms with Gasteiger partial charge in [-0.1, -0.05) is 334 Å². The maximum Gasteiger partial charge on any atom is 0.305 e. The minimum atomic E-state index is -0.843. The zero-order valence-corrected chi connectivity index (χ0v) is 50.8. The van der Waals surface area contributed by atoms with E-state index in [0.717, 1.165) is 38.5 Å². The number of unbranched alkanes of at least 4 members (excludes halogenated alkanes) is 51. The molecule has 3 N–H and O–H groups in total. The number of esters is 1. The second-order valence-corrected chi connectivity index (χ2v) is 23.5. The average Bonchev–Trinajstić information content (AvgIpc) is 3.41. The summed E-state index contributed by atoms with van der Waals surface area (Å²) in [7, 11) is 0. The van der Waals surface area contributed by atoms with Crippen molar-refractivity contribution >= 4 is 11.9 Å². The van der Waals surface area contributed by atoms with E-state index < -0.39 is 12.1 Å². The van der Waals surface area contributed by atoms with Crippen LogP contribution in [-0.2, 0) is 14.3 Å². The van der Waals surface area contributed by atoms with Gasteiger partial charge in [0.2, 0.25) is 5.91 Å². The van der Waals surface area contributed by atoms with Gasteiger partial charge in [-0.3, -0.25) is 9.59 Å². The van der Waals surface area contributed by atoms with E-state index in [4.69, 9.17) is 4.74 Å². The average molecular weight is 1060 g/mol.